The molecule has 0 aliphatic heterocycles. The zero-order valence-corrected chi connectivity index (χ0v) is 15.0. The topological polar surface area (TPSA) is 48.5 Å². The highest BCUT2D eigenvalue weighted by atomic mass is 127. The van der Waals surface area contributed by atoms with E-state index in [0.717, 1.165) is 32.0 Å². The predicted octanol–water partition coefficient (Wildman–Crippen LogP) is 3.07. The lowest BCUT2D eigenvalue weighted by Crippen LogP contribution is -2.41. The van der Waals surface area contributed by atoms with Crippen LogP contribution in [-0.2, 0) is 0 Å². The fourth-order valence-electron chi connectivity index (χ4n) is 1.65. The molecule has 0 amide bonds. The standard InChI is InChI=1S/C15H26N4.HI/c1-4-16-15(19-13(2)3)18-12-8-11-17-14-9-6-5-7-10-14;/h5-7,9-10,13,17H,4,8,11-12H2,1-3H3,(H2,16,18,19);1H. The Labute approximate surface area is 139 Å². The normalized spacial score (nSPS) is 10.9. The van der Waals surface area contributed by atoms with Crippen LogP contribution in [0.3, 0.4) is 0 Å². The number of halogens is 1. The molecule has 5 heteroatoms. The number of benzene rings is 1. The maximum Gasteiger partial charge on any atom is 0.191 e. The third-order valence-electron chi connectivity index (χ3n) is 2.48. The van der Waals surface area contributed by atoms with Crippen molar-refractivity contribution in [1.82, 2.24) is 10.6 Å². The van der Waals surface area contributed by atoms with Crippen molar-refractivity contribution in [1.29, 1.82) is 0 Å². The van der Waals surface area contributed by atoms with E-state index in [2.05, 4.69) is 53.8 Å². The van der Waals surface area contributed by atoms with Crippen LogP contribution in [0.15, 0.2) is 35.3 Å². The summed E-state index contributed by atoms with van der Waals surface area (Å²) in [4.78, 5) is 4.54. The molecule has 0 atom stereocenters. The molecule has 3 N–H and O–H groups in total. The number of rotatable bonds is 7. The molecule has 4 nitrogen and oxygen atoms in total. The SMILES string of the molecule is CCNC(=NCCCNc1ccccc1)NC(C)C.I. The minimum atomic E-state index is 0. The van der Waals surface area contributed by atoms with E-state index in [0.29, 0.717) is 6.04 Å². The first-order valence-electron chi connectivity index (χ1n) is 7.06. The minimum Gasteiger partial charge on any atom is -0.385 e. The third-order valence-corrected chi connectivity index (χ3v) is 2.48. The molecule has 0 spiro atoms. The van der Waals surface area contributed by atoms with Gasteiger partial charge in [0.2, 0.25) is 0 Å². The molecule has 1 rings (SSSR count). The molecule has 0 fully saturated rings. The maximum atomic E-state index is 4.54. The van der Waals surface area contributed by atoms with Gasteiger partial charge in [0, 0.05) is 31.4 Å². The van der Waals surface area contributed by atoms with Crippen LogP contribution in [-0.4, -0.2) is 31.6 Å². The summed E-state index contributed by atoms with van der Waals surface area (Å²) in [6.07, 6.45) is 1.02. The molecule has 0 aromatic heterocycles. The van der Waals surface area contributed by atoms with E-state index in [9.17, 15) is 0 Å². The highest BCUT2D eigenvalue weighted by Crippen LogP contribution is 2.04. The predicted molar refractivity (Wildman–Crippen MR) is 99.2 cm³/mol. The number of nitrogens with zero attached hydrogens (tertiary/aromatic N) is 1. The van der Waals surface area contributed by atoms with Crippen LogP contribution in [0.25, 0.3) is 0 Å². The third kappa shape index (κ3) is 9.01. The number of para-hydroxylation sites is 1. The Hall–Kier alpha value is -0.980. The van der Waals surface area contributed by atoms with Gasteiger partial charge in [0.1, 0.15) is 0 Å². The van der Waals surface area contributed by atoms with Crippen molar-refractivity contribution < 1.29 is 0 Å². The van der Waals surface area contributed by atoms with E-state index in [1.54, 1.807) is 0 Å². The summed E-state index contributed by atoms with van der Waals surface area (Å²) < 4.78 is 0. The highest BCUT2D eigenvalue weighted by Gasteiger charge is 1.98. The fraction of sp³-hybridized carbons (Fsp3) is 0.533. The minimum absolute atomic E-state index is 0. The van der Waals surface area contributed by atoms with Gasteiger partial charge in [-0.05, 0) is 39.3 Å². The molecule has 0 heterocycles. The Morgan fingerprint density at radius 1 is 1.20 bits per heavy atom. The average Bonchev–Trinajstić information content (AvgIpc) is 2.39. The summed E-state index contributed by atoms with van der Waals surface area (Å²) in [6.45, 7) is 8.96. The molecule has 0 saturated heterocycles. The van der Waals surface area contributed by atoms with Crippen molar-refractivity contribution in [2.24, 2.45) is 4.99 Å². The number of nitrogens with one attached hydrogen (secondary N) is 3. The number of anilines is 1. The quantitative estimate of drug-likeness (QED) is 0.290. The van der Waals surface area contributed by atoms with Crippen molar-refractivity contribution in [3.63, 3.8) is 0 Å². The van der Waals surface area contributed by atoms with E-state index >= 15 is 0 Å². The lowest BCUT2D eigenvalue weighted by molar-refractivity contribution is 0.698. The van der Waals surface area contributed by atoms with E-state index in [1.807, 2.05) is 18.2 Å². The van der Waals surface area contributed by atoms with E-state index < -0.39 is 0 Å². The summed E-state index contributed by atoms with van der Waals surface area (Å²) in [5.41, 5.74) is 1.17. The van der Waals surface area contributed by atoms with Crippen molar-refractivity contribution in [3.8, 4) is 0 Å². The van der Waals surface area contributed by atoms with Crippen LogP contribution in [0.2, 0.25) is 0 Å². The van der Waals surface area contributed by atoms with E-state index in [-0.39, 0.29) is 24.0 Å². The van der Waals surface area contributed by atoms with Crippen LogP contribution in [0.1, 0.15) is 27.2 Å². The lowest BCUT2D eigenvalue weighted by Gasteiger charge is -2.14. The molecule has 1 aromatic rings. The van der Waals surface area contributed by atoms with Crippen molar-refractivity contribution in [2.45, 2.75) is 33.2 Å². The summed E-state index contributed by atoms with van der Waals surface area (Å²) in [6, 6.07) is 10.7. The summed E-state index contributed by atoms with van der Waals surface area (Å²) in [7, 11) is 0. The van der Waals surface area contributed by atoms with Gasteiger partial charge in [-0.15, -0.1) is 24.0 Å². The molecule has 0 aliphatic carbocycles. The van der Waals surface area contributed by atoms with Crippen LogP contribution in [0.4, 0.5) is 5.69 Å². The first-order chi connectivity index (χ1) is 9.22. The van der Waals surface area contributed by atoms with Crippen LogP contribution in [0.5, 0.6) is 0 Å². The lowest BCUT2D eigenvalue weighted by atomic mass is 10.3. The first kappa shape index (κ1) is 19.0. The Kier molecular flexibility index (Phi) is 11.2. The second kappa shape index (κ2) is 11.8. The van der Waals surface area contributed by atoms with Crippen LogP contribution >= 0.6 is 24.0 Å². The van der Waals surface area contributed by atoms with Crippen molar-refractivity contribution in [2.75, 3.05) is 25.0 Å². The van der Waals surface area contributed by atoms with Gasteiger partial charge in [-0.1, -0.05) is 18.2 Å². The van der Waals surface area contributed by atoms with Gasteiger partial charge in [-0.3, -0.25) is 4.99 Å². The summed E-state index contributed by atoms with van der Waals surface area (Å²) in [5.74, 6) is 0.900. The molecule has 0 unspecified atom stereocenters. The van der Waals surface area contributed by atoms with Gasteiger partial charge in [0.05, 0.1) is 0 Å². The van der Waals surface area contributed by atoms with Crippen molar-refractivity contribution in [3.05, 3.63) is 30.3 Å². The Morgan fingerprint density at radius 2 is 1.90 bits per heavy atom. The Morgan fingerprint density at radius 3 is 2.50 bits per heavy atom. The van der Waals surface area contributed by atoms with Gasteiger partial charge < -0.3 is 16.0 Å². The Bertz CT molecular complexity index is 365. The van der Waals surface area contributed by atoms with E-state index in [4.69, 9.17) is 0 Å². The van der Waals surface area contributed by atoms with Gasteiger partial charge in [-0.2, -0.15) is 0 Å². The molecule has 1 aromatic carbocycles. The average molecular weight is 390 g/mol. The fourth-order valence-corrected chi connectivity index (χ4v) is 1.65. The van der Waals surface area contributed by atoms with Crippen LogP contribution in [0, 0.1) is 0 Å². The molecule has 0 bridgehead atoms. The molecule has 114 valence electrons. The first-order valence-corrected chi connectivity index (χ1v) is 7.06. The molecule has 20 heavy (non-hydrogen) atoms. The summed E-state index contributed by atoms with van der Waals surface area (Å²) in [5, 5.41) is 9.93. The summed E-state index contributed by atoms with van der Waals surface area (Å²) >= 11 is 0. The number of guanidine groups is 1. The van der Waals surface area contributed by atoms with Crippen molar-refractivity contribution >= 4 is 35.6 Å². The van der Waals surface area contributed by atoms with Gasteiger partial charge in [0.25, 0.3) is 0 Å². The molecule has 0 saturated carbocycles. The van der Waals surface area contributed by atoms with Gasteiger partial charge in [0.15, 0.2) is 5.96 Å². The molecular weight excluding hydrogens is 363 g/mol. The monoisotopic (exact) mass is 390 g/mol. The van der Waals surface area contributed by atoms with Crippen LogP contribution < -0.4 is 16.0 Å². The van der Waals surface area contributed by atoms with E-state index in [1.165, 1.54) is 5.69 Å². The maximum absolute atomic E-state index is 4.54. The second-order valence-electron chi connectivity index (χ2n) is 4.71. The largest absolute Gasteiger partial charge is 0.385 e. The van der Waals surface area contributed by atoms with Gasteiger partial charge >= 0.3 is 0 Å². The smallest absolute Gasteiger partial charge is 0.191 e. The zero-order chi connectivity index (χ0) is 13.9. The molecule has 0 aliphatic rings. The Balaban J connectivity index is 0.00000361. The second-order valence-corrected chi connectivity index (χ2v) is 4.71. The number of hydrogen-bond donors (Lipinski definition) is 3. The molecule has 0 radical (unpaired) electrons. The molecular formula is C15H27IN4. The number of aliphatic imine (C=N–C) groups is 1. The van der Waals surface area contributed by atoms with Gasteiger partial charge in [-0.25, -0.2) is 0 Å². The number of hydrogen-bond acceptors (Lipinski definition) is 2. The highest BCUT2D eigenvalue weighted by molar-refractivity contribution is 14.0. The zero-order valence-electron chi connectivity index (χ0n) is 12.6.